The molecule has 0 spiro atoms. The first-order chi connectivity index (χ1) is 9.13. The van der Waals surface area contributed by atoms with Gasteiger partial charge in [-0.05, 0) is 37.9 Å². The fourth-order valence-electron chi connectivity index (χ4n) is 2.64. The number of methoxy groups -OCH3 is 1. The highest BCUT2D eigenvalue weighted by Gasteiger charge is 2.24. The predicted octanol–water partition coefficient (Wildman–Crippen LogP) is 2.73. The molecule has 2 rings (SSSR count). The van der Waals surface area contributed by atoms with E-state index >= 15 is 0 Å². The number of fused-ring (bicyclic) bond motifs is 1. The fourth-order valence-corrected chi connectivity index (χ4v) is 2.64. The van der Waals surface area contributed by atoms with E-state index in [1.807, 2.05) is 6.08 Å². The summed E-state index contributed by atoms with van der Waals surface area (Å²) in [7, 11) is 3.52. The Labute approximate surface area is 114 Å². The van der Waals surface area contributed by atoms with Gasteiger partial charge in [-0.15, -0.1) is 0 Å². The first kappa shape index (κ1) is 13.8. The van der Waals surface area contributed by atoms with Crippen molar-refractivity contribution < 1.29 is 9.53 Å². The number of nitrogens with zero attached hydrogens (tertiary/aromatic N) is 1. The molecule has 0 amide bonds. The van der Waals surface area contributed by atoms with Crippen LogP contribution in [0.2, 0.25) is 0 Å². The second-order valence-corrected chi connectivity index (χ2v) is 5.07. The normalized spacial score (nSPS) is 18.5. The zero-order chi connectivity index (χ0) is 13.8. The number of hydrogen-bond acceptors (Lipinski definition) is 3. The number of aryl methyl sites for hydroxylation is 1. The van der Waals surface area contributed by atoms with Crippen LogP contribution in [-0.4, -0.2) is 31.6 Å². The van der Waals surface area contributed by atoms with Gasteiger partial charge in [0.25, 0.3) is 0 Å². The standard InChI is InChI=1S/C16H21NO2/c1-12(16(18)19-3)10-11-17(2)15-9-8-13-6-4-5-7-14(13)15/h4-7,10,15H,8-9,11H2,1-3H3/b12-10+/t15-/m1/s1. The van der Waals surface area contributed by atoms with Gasteiger partial charge in [0.1, 0.15) is 0 Å². The number of esters is 1. The molecule has 0 aromatic heterocycles. The van der Waals surface area contributed by atoms with Gasteiger partial charge >= 0.3 is 5.97 Å². The molecule has 1 aromatic rings. The van der Waals surface area contributed by atoms with Gasteiger partial charge < -0.3 is 4.74 Å². The third kappa shape index (κ3) is 3.04. The van der Waals surface area contributed by atoms with Gasteiger partial charge in [0.15, 0.2) is 0 Å². The molecule has 0 fully saturated rings. The molecule has 0 saturated carbocycles. The average molecular weight is 259 g/mol. The Kier molecular flexibility index (Phi) is 4.38. The van der Waals surface area contributed by atoms with Crippen molar-refractivity contribution in [2.75, 3.05) is 20.7 Å². The smallest absolute Gasteiger partial charge is 0.333 e. The van der Waals surface area contributed by atoms with Crippen LogP contribution in [0.15, 0.2) is 35.9 Å². The van der Waals surface area contributed by atoms with Crippen molar-refractivity contribution in [2.45, 2.75) is 25.8 Å². The Morgan fingerprint density at radius 1 is 1.47 bits per heavy atom. The van der Waals surface area contributed by atoms with Crippen LogP contribution in [0, 0.1) is 0 Å². The minimum absolute atomic E-state index is 0.250. The summed E-state index contributed by atoms with van der Waals surface area (Å²) in [5, 5.41) is 0. The van der Waals surface area contributed by atoms with Crippen molar-refractivity contribution in [3.05, 3.63) is 47.0 Å². The van der Waals surface area contributed by atoms with Crippen molar-refractivity contribution in [1.29, 1.82) is 0 Å². The molecule has 0 saturated heterocycles. The van der Waals surface area contributed by atoms with Crippen LogP contribution in [-0.2, 0) is 16.0 Å². The molecule has 1 aliphatic rings. The second kappa shape index (κ2) is 6.02. The lowest BCUT2D eigenvalue weighted by atomic mass is 10.1. The lowest BCUT2D eigenvalue weighted by molar-refractivity contribution is -0.136. The summed E-state index contributed by atoms with van der Waals surface area (Å²) in [6.45, 7) is 2.56. The molecule has 1 aliphatic carbocycles. The van der Waals surface area contributed by atoms with E-state index in [2.05, 4.69) is 36.2 Å². The summed E-state index contributed by atoms with van der Waals surface area (Å²) in [6, 6.07) is 9.07. The summed E-state index contributed by atoms with van der Waals surface area (Å²) < 4.78 is 4.70. The van der Waals surface area contributed by atoms with E-state index < -0.39 is 0 Å². The minimum Gasteiger partial charge on any atom is -0.466 e. The largest absolute Gasteiger partial charge is 0.466 e. The number of benzene rings is 1. The van der Waals surface area contributed by atoms with Gasteiger partial charge in [0.2, 0.25) is 0 Å². The summed E-state index contributed by atoms with van der Waals surface area (Å²) in [4.78, 5) is 13.6. The van der Waals surface area contributed by atoms with Crippen LogP contribution in [0.4, 0.5) is 0 Å². The molecule has 0 unspecified atom stereocenters. The third-order valence-corrected chi connectivity index (χ3v) is 3.83. The lowest BCUT2D eigenvalue weighted by Crippen LogP contribution is -2.23. The Morgan fingerprint density at radius 2 is 2.21 bits per heavy atom. The monoisotopic (exact) mass is 259 g/mol. The Balaban J connectivity index is 2.02. The molecule has 0 N–H and O–H groups in total. The molecule has 19 heavy (non-hydrogen) atoms. The van der Waals surface area contributed by atoms with Gasteiger partial charge in [0, 0.05) is 18.2 Å². The Bertz CT molecular complexity index is 493. The first-order valence-corrected chi connectivity index (χ1v) is 6.66. The van der Waals surface area contributed by atoms with E-state index in [-0.39, 0.29) is 5.97 Å². The maximum atomic E-state index is 11.3. The molecule has 0 bridgehead atoms. The van der Waals surface area contributed by atoms with E-state index in [1.54, 1.807) is 6.92 Å². The van der Waals surface area contributed by atoms with Gasteiger partial charge in [0.05, 0.1) is 7.11 Å². The van der Waals surface area contributed by atoms with Crippen molar-refractivity contribution in [1.82, 2.24) is 4.90 Å². The second-order valence-electron chi connectivity index (χ2n) is 5.07. The summed E-state index contributed by atoms with van der Waals surface area (Å²) >= 11 is 0. The molecule has 0 heterocycles. The fraction of sp³-hybridized carbons (Fsp3) is 0.438. The molecule has 102 valence electrons. The molecule has 0 aliphatic heterocycles. The van der Waals surface area contributed by atoms with Crippen molar-refractivity contribution in [3.63, 3.8) is 0 Å². The lowest BCUT2D eigenvalue weighted by Gasteiger charge is -2.24. The van der Waals surface area contributed by atoms with Crippen molar-refractivity contribution in [2.24, 2.45) is 0 Å². The molecular formula is C16H21NO2. The van der Waals surface area contributed by atoms with E-state index in [0.717, 1.165) is 19.4 Å². The van der Waals surface area contributed by atoms with Gasteiger partial charge in [-0.2, -0.15) is 0 Å². The van der Waals surface area contributed by atoms with E-state index in [0.29, 0.717) is 11.6 Å². The maximum Gasteiger partial charge on any atom is 0.333 e. The van der Waals surface area contributed by atoms with Crippen LogP contribution >= 0.6 is 0 Å². The minimum atomic E-state index is -0.250. The van der Waals surface area contributed by atoms with Gasteiger partial charge in [-0.1, -0.05) is 30.3 Å². The third-order valence-electron chi connectivity index (χ3n) is 3.83. The number of carbonyl (C=O) groups is 1. The number of ether oxygens (including phenoxy) is 1. The van der Waals surface area contributed by atoms with Crippen LogP contribution in [0.5, 0.6) is 0 Å². The summed E-state index contributed by atoms with van der Waals surface area (Å²) in [6.07, 6.45) is 4.23. The molecule has 3 heteroatoms. The van der Waals surface area contributed by atoms with Gasteiger partial charge in [-0.25, -0.2) is 4.79 Å². The SMILES string of the molecule is COC(=O)/C(C)=C/CN(C)[C@@H]1CCc2ccccc21. The maximum absolute atomic E-state index is 11.3. The zero-order valence-electron chi connectivity index (χ0n) is 11.8. The Morgan fingerprint density at radius 3 is 2.95 bits per heavy atom. The highest BCUT2D eigenvalue weighted by molar-refractivity contribution is 5.87. The van der Waals surface area contributed by atoms with Crippen molar-refractivity contribution >= 4 is 5.97 Å². The molecular weight excluding hydrogens is 238 g/mol. The van der Waals surface area contributed by atoms with Crippen LogP contribution in [0.3, 0.4) is 0 Å². The molecule has 1 atom stereocenters. The van der Waals surface area contributed by atoms with Crippen LogP contribution in [0.1, 0.15) is 30.5 Å². The zero-order valence-corrected chi connectivity index (χ0v) is 11.8. The highest BCUT2D eigenvalue weighted by atomic mass is 16.5. The van der Waals surface area contributed by atoms with E-state index in [4.69, 9.17) is 4.74 Å². The predicted molar refractivity (Wildman–Crippen MR) is 75.9 cm³/mol. The number of likely N-dealkylation sites (N-methyl/N-ethyl adjacent to an activating group) is 1. The van der Waals surface area contributed by atoms with E-state index in [1.165, 1.54) is 18.2 Å². The molecule has 3 nitrogen and oxygen atoms in total. The van der Waals surface area contributed by atoms with Gasteiger partial charge in [-0.3, -0.25) is 4.90 Å². The summed E-state index contributed by atoms with van der Waals surface area (Å²) in [5.74, 6) is -0.250. The highest BCUT2D eigenvalue weighted by Crippen LogP contribution is 2.34. The Hall–Kier alpha value is -1.61. The van der Waals surface area contributed by atoms with E-state index in [9.17, 15) is 4.79 Å². The average Bonchev–Trinajstić information content (AvgIpc) is 2.87. The number of hydrogen-bond donors (Lipinski definition) is 0. The number of rotatable bonds is 4. The topological polar surface area (TPSA) is 29.5 Å². The molecule has 0 radical (unpaired) electrons. The first-order valence-electron chi connectivity index (χ1n) is 6.66. The number of carbonyl (C=O) groups excluding carboxylic acids is 1. The van der Waals surface area contributed by atoms with Crippen molar-refractivity contribution in [3.8, 4) is 0 Å². The summed E-state index contributed by atoms with van der Waals surface area (Å²) in [5.41, 5.74) is 3.54. The molecule has 1 aromatic carbocycles. The van der Waals surface area contributed by atoms with Crippen LogP contribution < -0.4 is 0 Å². The quantitative estimate of drug-likeness (QED) is 0.615. The van der Waals surface area contributed by atoms with Crippen LogP contribution in [0.25, 0.3) is 0 Å².